The second-order valence-corrected chi connectivity index (χ2v) is 18.9. The van der Waals surface area contributed by atoms with Gasteiger partial charge in [-0.2, -0.15) is 0 Å². The van der Waals surface area contributed by atoms with E-state index in [9.17, 15) is 14.4 Å². The van der Waals surface area contributed by atoms with Crippen LogP contribution in [0, 0.1) is 0 Å². The van der Waals surface area contributed by atoms with Crippen molar-refractivity contribution in [3.05, 3.63) is 72.9 Å². The van der Waals surface area contributed by atoms with Crippen LogP contribution in [-0.2, 0) is 28.6 Å². The molecule has 0 N–H and O–H groups in total. The summed E-state index contributed by atoms with van der Waals surface area (Å²) >= 11 is 0. The molecule has 6 nitrogen and oxygen atoms in total. The molecule has 0 spiro atoms. The summed E-state index contributed by atoms with van der Waals surface area (Å²) in [5.41, 5.74) is 0. The highest BCUT2D eigenvalue weighted by molar-refractivity contribution is 5.71. The van der Waals surface area contributed by atoms with Gasteiger partial charge in [-0.15, -0.1) is 0 Å². The van der Waals surface area contributed by atoms with Gasteiger partial charge in [-0.1, -0.05) is 235 Å². The molecule has 0 aromatic heterocycles. The molecule has 67 heavy (non-hydrogen) atoms. The molecule has 0 aliphatic rings. The number of carbonyl (C=O) groups excluding carboxylic acids is 3. The summed E-state index contributed by atoms with van der Waals surface area (Å²) in [7, 11) is 0. The van der Waals surface area contributed by atoms with Crippen molar-refractivity contribution < 1.29 is 28.6 Å². The molecule has 0 bridgehead atoms. The summed E-state index contributed by atoms with van der Waals surface area (Å²) in [5.74, 6) is -0.920. The van der Waals surface area contributed by atoms with E-state index in [1.807, 2.05) is 0 Å². The van der Waals surface area contributed by atoms with Gasteiger partial charge in [0.05, 0.1) is 0 Å². The Hall–Kier alpha value is -3.15. The number of rotatable bonds is 51. The molecule has 0 saturated heterocycles. The molecule has 0 fully saturated rings. The molecule has 0 saturated carbocycles. The van der Waals surface area contributed by atoms with Crippen molar-refractivity contribution in [1.82, 2.24) is 0 Å². The van der Waals surface area contributed by atoms with Crippen LogP contribution in [0.25, 0.3) is 0 Å². The van der Waals surface area contributed by atoms with Crippen LogP contribution in [0.1, 0.15) is 278 Å². The quantitative estimate of drug-likeness (QED) is 0.0199. The molecule has 0 amide bonds. The topological polar surface area (TPSA) is 78.9 Å². The number of esters is 3. The third-order valence-corrected chi connectivity index (χ3v) is 12.2. The van der Waals surface area contributed by atoms with Gasteiger partial charge < -0.3 is 14.2 Å². The van der Waals surface area contributed by atoms with Crippen molar-refractivity contribution in [2.75, 3.05) is 13.2 Å². The highest BCUT2D eigenvalue weighted by Gasteiger charge is 2.19. The van der Waals surface area contributed by atoms with Crippen LogP contribution in [0.5, 0.6) is 0 Å². The predicted molar refractivity (Wildman–Crippen MR) is 288 cm³/mol. The SMILES string of the molecule is CCCCC\C=C/C=C\C=C/C=C\CCCCCCCC(=O)OC(COC(=O)CCCCCCC/C=C\CCCCC)COC(=O)CCCCCCCCC/C=C\CCCCCCCCCC. The summed E-state index contributed by atoms with van der Waals surface area (Å²) in [4.78, 5) is 38.1. The molecule has 0 aromatic carbocycles. The van der Waals surface area contributed by atoms with Gasteiger partial charge in [0.2, 0.25) is 0 Å². The fraction of sp³-hybridized carbons (Fsp3) is 0.754. The number of hydrogen-bond acceptors (Lipinski definition) is 6. The van der Waals surface area contributed by atoms with E-state index in [1.165, 1.54) is 148 Å². The Morgan fingerprint density at radius 2 is 0.552 bits per heavy atom. The zero-order valence-corrected chi connectivity index (χ0v) is 44.2. The fourth-order valence-electron chi connectivity index (χ4n) is 7.91. The van der Waals surface area contributed by atoms with Crippen molar-refractivity contribution in [1.29, 1.82) is 0 Å². The maximum absolute atomic E-state index is 12.8. The van der Waals surface area contributed by atoms with E-state index in [2.05, 4.69) is 93.7 Å². The van der Waals surface area contributed by atoms with Gasteiger partial charge in [0.25, 0.3) is 0 Å². The lowest BCUT2D eigenvalue weighted by molar-refractivity contribution is -0.167. The van der Waals surface area contributed by atoms with Gasteiger partial charge in [-0.3, -0.25) is 14.4 Å². The summed E-state index contributed by atoms with van der Waals surface area (Å²) in [5, 5.41) is 0. The molecule has 0 aliphatic carbocycles. The Bertz CT molecular complexity index is 1260. The van der Waals surface area contributed by atoms with Crippen molar-refractivity contribution in [2.45, 2.75) is 284 Å². The normalized spacial score (nSPS) is 12.6. The lowest BCUT2D eigenvalue weighted by atomic mass is 10.1. The van der Waals surface area contributed by atoms with Gasteiger partial charge in [0.1, 0.15) is 13.2 Å². The first-order valence-electron chi connectivity index (χ1n) is 28.5. The van der Waals surface area contributed by atoms with Gasteiger partial charge in [-0.25, -0.2) is 0 Å². The van der Waals surface area contributed by atoms with Gasteiger partial charge in [0.15, 0.2) is 6.10 Å². The average molecular weight is 936 g/mol. The minimum Gasteiger partial charge on any atom is -0.462 e. The first-order chi connectivity index (χ1) is 33.0. The number of unbranched alkanes of at least 4 members (excludes halogenated alkanes) is 31. The molecule has 386 valence electrons. The maximum Gasteiger partial charge on any atom is 0.306 e. The summed E-state index contributed by atoms with van der Waals surface area (Å²) < 4.78 is 16.8. The molecule has 1 unspecified atom stereocenters. The zero-order valence-electron chi connectivity index (χ0n) is 44.2. The van der Waals surface area contributed by atoms with Crippen LogP contribution in [0.2, 0.25) is 0 Å². The van der Waals surface area contributed by atoms with E-state index in [1.54, 1.807) is 0 Å². The van der Waals surface area contributed by atoms with Crippen LogP contribution < -0.4 is 0 Å². The van der Waals surface area contributed by atoms with Crippen molar-refractivity contribution in [3.8, 4) is 0 Å². The average Bonchev–Trinajstić information content (AvgIpc) is 3.33. The molecule has 0 rings (SSSR count). The molecule has 6 heteroatoms. The molecule has 0 radical (unpaired) electrons. The second-order valence-electron chi connectivity index (χ2n) is 18.9. The lowest BCUT2D eigenvalue weighted by Gasteiger charge is -2.18. The van der Waals surface area contributed by atoms with Gasteiger partial charge in [-0.05, 0) is 96.3 Å². The van der Waals surface area contributed by atoms with E-state index in [0.29, 0.717) is 19.3 Å². The van der Waals surface area contributed by atoms with E-state index >= 15 is 0 Å². The van der Waals surface area contributed by atoms with E-state index < -0.39 is 6.10 Å². The van der Waals surface area contributed by atoms with Crippen LogP contribution in [0.3, 0.4) is 0 Å². The minimum absolute atomic E-state index is 0.0896. The fourth-order valence-corrected chi connectivity index (χ4v) is 7.91. The summed E-state index contributed by atoms with van der Waals surface area (Å²) in [6, 6.07) is 0. The van der Waals surface area contributed by atoms with Crippen molar-refractivity contribution in [3.63, 3.8) is 0 Å². The maximum atomic E-state index is 12.8. The highest BCUT2D eigenvalue weighted by atomic mass is 16.6. The third-order valence-electron chi connectivity index (χ3n) is 12.2. The molecule has 0 heterocycles. The lowest BCUT2D eigenvalue weighted by Crippen LogP contribution is -2.30. The standard InChI is InChI=1S/C61H106O6/c1-4-7-10-13-16-19-22-25-27-29-31-33-34-36-39-42-45-48-51-54-60(63)66-57-58(56-65-59(62)53-50-47-44-41-38-24-21-18-15-12-9-6-3)67-61(64)55-52-49-46-43-40-37-35-32-30-28-26-23-20-17-14-11-8-5-2/h17-18,20-21,23,26,28-32,35,58H,4-16,19,22,24-25,27,33-34,36-57H2,1-3H3/b20-17-,21-18-,26-23-,30-28-,31-29-,35-32-. The Morgan fingerprint density at radius 1 is 0.299 bits per heavy atom. The Balaban J connectivity index is 4.41. The van der Waals surface area contributed by atoms with Crippen molar-refractivity contribution in [2.24, 2.45) is 0 Å². The van der Waals surface area contributed by atoms with Crippen LogP contribution in [0.4, 0.5) is 0 Å². The second kappa shape index (κ2) is 55.4. The minimum atomic E-state index is -0.793. The van der Waals surface area contributed by atoms with E-state index in [-0.39, 0.29) is 31.1 Å². The Kier molecular flexibility index (Phi) is 52.8. The molecule has 1 atom stereocenters. The van der Waals surface area contributed by atoms with Gasteiger partial charge >= 0.3 is 17.9 Å². The Labute approximate surface area is 414 Å². The number of allylic oxidation sites excluding steroid dienone is 12. The third kappa shape index (κ3) is 53.7. The predicted octanol–water partition coefficient (Wildman–Crippen LogP) is 19.0. The summed E-state index contributed by atoms with van der Waals surface area (Å²) in [6.45, 7) is 6.56. The van der Waals surface area contributed by atoms with Crippen LogP contribution >= 0.6 is 0 Å². The smallest absolute Gasteiger partial charge is 0.306 e. The van der Waals surface area contributed by atoms with E-state index in [4.69, 9.17) is 14.2 Å². The van der Waals surface area contributed by atoms with Crippen molar-refractivity contribution >= 4 is 17.9 Å². The van der Waals surface area contributed by atoms with E-state index in [0.717, 1.165) is 89.9 Å². The summed E-state index contributed by atoms with van der Waals surface area (Å²) in [6.07, 6.45) is 70.3. The number of carbonyl (C=O) groups is 3. The molecule has 0 aromatic rings. The van der Waals surface area contributed by atoms with Crippen LogP contribution in [-0.4, -0.2) is 37.2 Å². The zero-order chi connectivity index (χ0) is 48.6. The highest BCUT2D eigenvalue weighted by Crippen LogP contribution is 2.15. The monoisotopic (exact) mass is 935 g/mol. The first-order valence-corrected chi connectivity index (χ1v) is 28.5. The van der Waals surface area contributed by atoms with Gasteiger partial charge in [0, 0.05) is 19.3 Å². The number of hydrogen-bond donors (Lipinski definition) is 0. The molecular formula is C61H106O6. The molecule has 0 aliphatic heterocycles. The van der Waals surface area contributed by atoms with Crippen LogP contribution in [0.15, 0.2) is 72.9 Å². The number of ether oxygens (including phenoxy) is 3. The molecular weight excluding hydrogens is 829 g/mol. The first kappa shape index (κ1) is 63.8. The largest absolute Gasteiger partial charge is 0.462 e. The Morgan fingerprint density at radius 3 is 0.910 bits per heavy atom.